The molecule has 0 radical (unpaired) electrons. The van der Waals surface area contributed by atoms with Crippen molar-refractivity contribution in [3.63, 3.8) is 0 Å². The number of benzene rings is 1. The predicted octanol–water partition coefficient (Wildman–Crippen LogP) is 1.94. The van der Waals surface area contributed by atoms with Gasteiger partial charge in [0.05, 0.1) is 12.7 Å². The van der Waals surface area contributed by atoms with Gasteiger partial charge in [0, 0.05) is 26.8 Å². The second-order valence-electron chi connectivity index (χ2n) is 4.27. The Bertz CT molecular complexity index is 362. The van der Waals surface area contributed by atoms with Crippen LogP contribution in [0.5, 0.6) is 0 Å². The lowest BCUT2D eigenvalue weighted by atomic mass is 10.1. The number of methoxy groups -OCH3 is 2. The van der Waals surface area contributed by atoms with Crippen molar-refractivity contribution in [3.05, 3.63) is 35.4 Å². The summed E-state index contributed by atoms with van der Waals surface area (Å²) in [6.07, 6.45) is 1.02. The minimum absolute atomic E-state index is 0.296. The maximum absolute atomic E-state index is 11.3. The number of ether oxygens (including phenoxy) is 2. The summed E-state index contributed by atoms with van der Waals surface area (Å²) in [7, 11) is 5.18. The van der Waals surface area contributed by atoms with Crippen molar-refractivity contribution >= 4 is 5.97 Å². The molecular weight excluding hydrogens is 230 g/mol. The smallest absolute Gasteiger partial charge is 0.337 e. The summed E-state index contributed by atoms with van der Waals surface area (Å²) in [6, 6.07) is 7.51. The van der Waals surface area contributed by atoms with E-state index in [9.17, 15) is 4.79 Å². The van der Waals surface area contributed by atoms with Crippen LogP contribution in [0.15, 0.2) is 24.3 Å². The molecule has 4 nitrogen and oxygen atoms in total. The Morgan fingerprint density at radius 2 is 1.89 bits per heavy atom. The third-order valence-corrected chi connectivity index (χ3v) is 2.72. The number of hydrogen-bond donors (Lipinski definition) is 0. The highest BCUT2D eigenvalue weighted by molar-refractivity contribution is 5.89. The number of rotatable bonds is 7. The third kappa shape index (κ3) is 4.85. The van der Waals surface area contributed by atoms with Crippen LogP contribution < -0.4 is 0 Å². The van der Waals surface area contributed by atoms with Gasteiger partial charge in [0.15, 0.2) is 0 Å². The predicted molar refractivity (Wildman–Crippen MR) is 70.6 cm³/mol. The molecule has 0 aliphatic rings. The lowest BCUT2D eigenvalue weighted by Gasteiger charge is -2.16. The number of esters is 1. The van der Waals surface area contributed by atoms with Crippen LogP contribution in [0.25, 0.3) is 0 Å². The molecule has 0 fully saturated rings. The molecule has 1 aromatic carbocycles. The summed E-state index contributed by atoms with van der Waals surface area (Å²) in [5.74, 6) is -0.296. The van der Waals surface area contributed by atoms with Gasteiger partial charge in [-0.05, 0) is 31.2 Å². The van der Waals surface area contributed by atoms with E-state index >= 15 is 0 Å². The molecule has 0 saturated carbocycles. The van der Waals surface area contributed by atoms with E-state index in [0.29, 0.717) is 5.56 Å². The van der Waals surface area contributed by atoms with Crippen LogP contribution in [0.3, 0.4) is 0 Å². The first kappa shape index (κ1) is 14.7. The molecule has 0 saturated heterocycles. The average molecular weight is 251 g/mol. The quantitative estimate of drug-likeness (QED) is 0.548. The van der Waals surface area contributed by atoms with Gasteiger partial charge in [-0.2, -0.15) is 0 Å². The zero-order chi connectivity index (χ0) is 13.4. The Morgan fingerprint density at radius 1 is 1.22 bits per heavy atom. The van der Waals surface area contributed by atoms with E-state index in [2.05, 4.69) is 16.7 Å². The molecule has 100 valence electrons. The maximum Gasteiger partial charge on any atom is 0.337 e. The van der Waals surface area contributed by atoms with Crippen LogP contribution in [-0.4, -0.2) is 45.3 Å². The van der Waals surface area contributed by atoms with Crippen molar-refractivity contribution in [1.82, 2.24) is 4.90 Å². The second kappa shape index (κ2) is 7.84. The maximum atomic E-state index is 11.3. The van der Waals surface area contributed by atoms with Gasteiger partial charge in [-0.25, -0.2) is 4.79 Å². The van der Waals surface area contributed by atoms with Crippen LogP contribution in [-0.2, 0) is 16.0 Å². The summed E-state index contributed by atoms with van der Waals surface area (Å²) in [4.78, 5) is 13.5. The topological polar surface area (TPSA) is 38.8 Å². The fourth-order valence-corrected chi connectivity index (χ4v) is 1.73. The standard InChI is InChI=1S/C14H21NO3/c1-15(9-4-10-17-2)11-12-5-7-13(8-6-12)14(16)18-3/h5-8H,4,9-11H2,1-3H3. The van der Waals surface area contributed by atoms with Crippen molar-refractivity contribution in [2.45, 2.75) is 13.0 Å². The number of carbonyl (C=O) groups is 1. The van der Waals surface area contributed by atoms with Gasteiger partial charge in [-0.1, -0.05) is 12.1 Å². The van der Waals surface area contributed by atoms with Crippen molar-refractivity contribution in [2.75, 3.05) is 34.4 Å². The zero-order valence-corrected chi connectivity index (χ0v) is 11.3. The molecule has 0 aliphatic carbocycles. The molecule has 1 aromatic rings. The molecule has 0 amide bonds. The fourth-order valence-electron chi connectivity index (χ4n) is 1.73. The molecule has 0 spiro atoms. The number of hydrogen-bond acceptors (Lipinski definition) is 4. The molecule has 0 heterocycles. The molecule has 0 atom stereocenters. The molecular formula is C14H21NO3. The van der Waals surface area contributed by atoms with Crippen molar-refractivity contribution in [2.24, 2.45) is 0 Å². The van der Waals surface area contributed by atoms with Crippen LogP contribution in [0.1, 0.15) is 22.3 Å². The molecule has 0 unspecified atom stereocenters. The van der Waals surface area contributed by atoms with Crippen LogP contribution in [0.2, 0.25) is 0 Å². The van der Waals surface area contributed by atoms with E-state index in [1.807, 2.05) is 12.1 Å². The minimum atomic E-state index is -0.296. The molecule has 0 aromatic heterocycles. The van der Waals surface area contributed by atoms with Crippen LogP contribution in [0.4, 0.5) is 0 Å². The first-order valence-corrected chi connectivity index (χ1v) is 6.02. The third-order valence-electron chi connectivity index (χ3n) is 2.72. The summed E-state index contributed by atoms with van der Waals surface area (Å²) < 4.78 is 9.68. The monoisotopic (exact) mass is 251 g/mol. The molecule has 18 heavy (non-hydrogen) atoms. The van der Waals surface area contributed by atoms with Crippen molar-refractivity contribution in [1.29, 1.82) is 0 Å². The first-order valence-electron chi connectivity index (χ1n) is 6.02. The van der Waals surface area contributed by atoms with Gasteiger partial charge in [-0.3, -0.25) is 0 Å². The summed E-state index contributed by atoms with van der Waals surface area (Å²) in [5.41, 5.74) is 1.77. The Labute approximate surface area is 108 Å². The van der Waals surface area contributed by atoms with Gasteiger partial charge in [0.25, 0.3) is 0 Å². The Morgan fingerprint density at radius 3 is 2.44 bits per heavy atom. The Balaban J connectivity index is 2.45. The normalized spacial score (nSPS) is 10.7. The largest absolute Gasteiger partial charge is 0.465 e. The summed E-state index contributed by atoms with van der Waals surface area (Å²) >= 11 is 0. The lowest BCUT2D eigenvalue weighted by Crippen LogP contribution is -2.20. The summed E-state index contributed by atoms with van der Waals surface area (Å²) in [6.45, 7) is 2.64. The molecule has 0 N–H and O–H groups in total. The Kier molecular flexibility index (Phi) is 6.39. The highest BCUT2D eigenvalue weighted by atomic mass is 16.5. The summed E-state index contributed by atoms with van der Waals surface area (Å²) in [5, 5.41) is 0. The van der Waals surface area contributed by atoms with Crippen LogP contribution in [0, 0.1) is 0 Å². The molecule has 4 heteroatoms. The number of carbonyl (C=O) groups excluding carboxylic acids is 1. The van der Waals surface area contributed by atoms with Gasteiger partial charge in [-0.15, -0.1) is 0 Å². The van der Waals surface area contributed by atoms with E-state index in [0.717, 1.165) is 26.1 Å². The molecule has 1 rings (SSSR count). The van der Waals surface area contributed by atoms with Gasteiger partial charge >= 0.3 is 5.97 Å². The second-order valence-corrected chi connectivity index (χ2v) is 4.27. The first-order chi connectivity index (χ1) is 8.67. The van der Waals surface area contributed by atoms with E-state index < -0.39 is 0 Å². The SMILES string of the molecule is COCCCN(C)Cc1ccc(C(=O)OC)cc1. The van der Waals surface area contributed by atoms with E-state index in [1.165, 1.54) is 12.7 Å². The molecule has 0 aliphatic heterocycles. The fraction of sp³-hybridized carbons (Fsp3) is 0.500. The zero-order valence-electron chi connectivity index (χ0n) is 11.3. The van der Waals surface area contributed by atoms with Gasteiger partial charge < -0.3 is 14.4 Å². The van der Waals surface area contributed by atoms with Gasteiger partial charge in [0.2, 0.25) is 0 Å². The highest BCUT2D eigenvalue weighted by Gasteiger charge is 2.05. The van der Waals surface area contributed by atoms with Gasteiger partial charge in [0.1, 0.15) is 0 Å². The van der Waals surface area contributed by atoms with Crippen LogP contribution >= 0.6 is 0 Å². The van der Waals surface area contributed by atoms with E-state index in [4.69, 9.17) is 4.74 Å². The van der Waals surface area contributed by atoms with Crippen molar-refractivity contribution < 1.29 is 14.3 Å². The highest BCUT2D eigenvalue weighted by Crippen LogP contribution is 2.08. The Hall–Kier alpha value is -1.39. The molecule has 0 bridgehead atoms. The minimum Gasteiger partial charge on any atom is -0.465 e. The van der Waals surface area contributed by atoms with E-state index in [1.54, 1.807) is 19.2 Å². The van der Waals surface area contributed by atoms with E-state index in [-0.39, 0.29) is 5.97 Å². The lowest BCUT2D eigenvalue weighted by molar-refractivity contribution is 0.0600. The average Bonchev–Trinajstić information content (AvgIpc) is 2.39. The number of nitrogens with zero attached hydrogens (tertiary/aromatic N) is 1. The van der Waals surface area contributed by atoms with Crippen molar-refractivity contribution in [3.8, 4) is 0 Å².